The van der Waals surface area contributed by atoms with Crippen molar-refractivity contribution in [3.8, 4) is 0 Å². The van der Waals surface area contributed by atoms with Gasteiger partial charge in [0.15, 0.2) is 0 Å². The van der Waals surface area contributed by atoms with Crippen LogP contribution < -0.4 is 5.32 Å². The van der Waals surface area contributed by atoms with E-state index in [-0.39, 0.29) is 0 Å². The van der Waals surface area contributed by atoms with Crippen molar-refractivity contribution in [3.63, 3.8) is 0 Å². The number of aromatic nitrogens is 2. The number of nitrogens with zero attached hydrogens (tertiary/aromatic N) is 2. The quantitative estimate of drug-likeness (QED) is 0.764. The highest BCUT2D eigenvalue weighted by Gasteiger charge is 2.20. The minimum atomic E-state index is 0.405. The minimum absolute atomic E-state index is 0.405. The third kappa shape index (κ3) is 6.08. The molecular formula is C17H33N3. The smallest absolute Gasteiger partial charge is 0.0537 e. The molecule has 2 atom stereocenters. The molecule has 3 nitrogen and oxygen atoms in total. The average Bonchev–Trinajstić information content (AvgIpc) is 2.75. The molecule has 0 radical (unpaired) electrons. The van der Waals surface area contributed by atoms with Gasteiger partial charge in [0.1, 0.15) is 0 Å². The molecule has 0 aliphatic heterocycles. The van der Waals surface area contributed by atoms with E-state index in [1.54, 1.807) is 0 Å². The van der Waals surface area contributed by atoms with Gasteiger partial charge in [-0.3, -0.25) is 4.68 Å². The Balaban J connectivity index is 2.67. The molecule has 0 spiro atoms. The summed E-state index contributed by atoms with van der Waals surface area (Å²) in [5.74, 6) is 0.716. The van der Waals surface area contributed by atoms with Crippen LogP contribution in [0.4, 0.5) is 0 Å². The van der Waals surface area contributed by atoms with E-state index in [0.717, 1.165) is 19.5 Å². The lowest BCUT2D eigenvalue weighted by Crippen LogP contribution is -2.24. The SMILES string of the molecule is CCCn1cc(C(CC(C)CC(C)(C)C)NCC)cn1. The summed E-state index contributed by atoms with van der Waals surface area (Å²) in [6.45, 7) is 15.7. The van der Waals surface area contributed by atoms with Gasteiger partial charge < -0.3 is 5.32 Å². The van der Waals surface area contributed by atoms with Gasteiger partial charge in [0.2, 0.25) is 0 Å². The second kappa shape index (κ2) is 7.82. The Morgan fingerprint density at radius 2 is 2.00 bits per heavy atom. The summed E-state index contributed by atoms with van der Waals surface area (Å²) >= 11 is 0. The molecule has 0 amide bonds. The van der Waals surface area contributed by atoms with Crippen LogP contribution in [0.2, 0.25) is 0 Å². The van der Waals surface area contributed by atoms with Crippen molar-refractivity contribution in [2.75, 3.05) is 6.54 Å². The Morgan fingerprint density at radius 3 is 2.55 bits per heavy atom. The van der Waals surface area contributed by atoms with E-state index < -0.39 is 0 Å². The van der Waals surface area contributed by atoms with Gasteiger partial charge in [-0.05, 0) is 37.1 Å². The zero-order valence-electron chi connectivity index (χ0n) is 14.2. The van der Waals surface area contributed by atoms with Crippen LogP contribution in [0.3, 0.4) is 0 Å². The Labute approximate surface area is 125 Å². The Kier molecular flexibility index (Phi) is 6.74. The van der Waals surface area contributed by atoms with E-state index in [9.17, 15) is 0 Å². The maximum absolute atomic E-state index is 4.47. The van der Waals surface area contributed by atoms with Crippen molar-refractivity contribution in [3.05, 3.63) is 18.0 Å². The van der Waals surface area contributed by atoms with Crippen LogP contribution in [0.25, 0.3) is 0 Å². The predicted molar refractivity (Wildman–Crippen MR) is 86.8 cm³/mol. The topological polar surface area (TPSA) is 29.9 Å². The first kappa shape index (κ1) is 17.2. The first-order chi connectivity index (χ1) is 9.35. The fourth-order valence-corrected chi connectivity index (χ4v) is 3.03. The van der Waals surface area contributed by atoms with E-state index >= 15 is 0 Å². The highest BCUT2D eigenvalue weighted by molar-refractivity contribution is 5.10. The van der Waals surface area contributed by atoms with Crippen molar-refractivity contribution in [1.29, 1.82) is 0 Å². The number of hydrogen-bond donors (Lipinski definition) is 1. The lowest BCUT2D eigenvalue weighted by atomic mass is 9.82. The average molecular weight is 279 g/mol. The normalized spacial score (nSPS) is 15.3. The summed E-state index contributed by atoms with van der Waals surface area (Å²) in [4.78, 5) is 0. The Bertz CT molecular complexity index is 376. The number of rotatable bonds is 8. The van der Waals surface area contributed by atoms with Gasteiger partial charge in [-0.1, -0.05) is 41.5 Å². The number of nitrogens with one attached hydrogen (secondary N) is 1. The molecule has 0 saturated carbocycles. The number of aryl methyl sites for hydroxylation is 1. The van der Waals surface area contributed by atoms with Crippen molar-refractivity contribution in [2.24, 2.45) is 11.3 Å². The molecule has 2 unspecified atom stereocenters. The van der Waals surface area contributed by atoms with Gasteiger partial charge in [-0.25, -0.2) is 0 Å². The van der Waals surface area contributed by atoms with Gasteiger partial charge in [-0.15, -0.1) is 0 Å². The maximum atomic E-state index is 4.47. The molecule has 0 aromatic carbocycles. The van der Waals surface area contributed by atoms with E-state index in [0.29, 0.717) is 17.4 Å². The minimum Gasteiger partial charge on any atom is -0.310 e. The summed E-state index contributed by atoms with van der Waals surface area (Å²) in [7, 11) is 0. The maximum Gasteiger partial charge on any atom is 0.0537 e. The highest BCUT2D eigenvalue weighted by Crippen LogP contribution is 2.30. The highest BCUT2D eigenvalue weighted by atomic mass is 15.3. The first-order valence-electron chi connectivity index (χ1n) is 8.11. The van der Waals surface area contributed by atoms with E-state index in [4.69, 9.17) is 0 Å². The van der Waals surface area contributed by atoms with Crippen LogP contribution in [0, 0.1) is 11.3 Å². The molecule has 3 heteroatoms. The fourth-order valence-electron chi connectivity index (χ4n) is 3.03. The summed E-state index contributed by atoms with van der Waals surface area (Å²) in [6.07, 6.45) is 7.82. The molecule has 1 aromatic rings. The first-order valence-corrected chi connectivity index (χ1v) is 8.11. The molecule has 1 N–H and O–H groups in total. The van der Waals surface area contributed by atoms with Crippen LogP contribution in [-0.2, 0) is 6.54 Å². The van der Waals surface area contributed by atoms with Crippen LogP contribution >= 0.6 is 0 Å². The molecule has 0 fully saturated rings. The van der Waals surface area contributed by atoms with Gasteiger partial charge in [0.05, 0.1) is 6.20 Å². The van der Waals surface area contributed by atoms with E-state index in [2.05, 4.69) is 62.8 Å². The van der Waals surface area contributed by atoms with Gasteiger partial charge in [0, 0.05) is 24.3 Å². The molecule has 1 rings (SSSR count). The lowest BCUT2D eigenvalue weighted by molar-refractivity contribution is 0.276. The van der Waals surface area contributed by atoms with Crippen LogP contribution in [0.1, 0.15) is 72.4 Å². The van der Waals surface area contributed by atoms with E-state index in [1.165, 1.54) is 18.4 Å². The van der Waals surface area contributed by atoms with Crippen LogP contribution in [-0.4, -0.2) is 16.3 Å². The lowest BCUT2D eigenvalue weighted by Gasteiger charge is -2.26. The molecular weight excluding hydrogens is 246 g/mol. The largest absolute Gasteiger partial charge is 0.310 e. The molecule has 0 aliphatic carbocycles. The van der Waals surface area contributed by atoms with Gasteiger partial charge in [0.25, 0.3) is 0 Å². The summed E-state index contributed by atoms with van der Waals surface area (Å²) in [6, 6.07) is 0.433. The third-order valence-electron chi connectivity index (χ3n) is 3.56. The zero-order chi connectivity index (χ0) is 15.2. The van der Waals surface area contributed by atoms with Gasteiger partial charge in [-0.2, -0.15) is 5.10 Å². The molecule has 0 saturated heterocycles. The molecule has 20 heavy (non-hydrogen) atoms. The summed E-state index contributed by atoms with van der Waals surface area (Å²) in [5.41, 5.74) is 1.74. The van der Waals surface area contributed by atoms with Crippen molar-refractivity contribution in [2.45, 2.75) is 73.4 Å². The molecule has 0 bridgehead atoms. The van der Waals surface area contributed by atoms with Crippen LogP contribution in [0.15, 0.2) is 12.4 Å². The van der Waals surface area contributed by atoms with Crippen LogP contribution in [0.5, 0.6) is 0 Å². The predicted octanol–water partition coefficient (Wildman–Crippen LogP) is 4.41. The van der Waals surface area contributed by atoms with Gasteiger partial charge >= 0.3 is 0 Å². The Hall–Kier alpha value is -0.830. The molecule has 1 aromatic heterocycles. The standard InChI is InChI=1S/C17H33N3/c1-7-9-20-13-15(12-19-20)16(18-8-2)10-14(3)11-17(4,5)6/h12-14,16,18H,7-11H2,1-6H3. The fraction of sp³-hybridized carbons (Fsp3) is 0.824. The molecule has 1 heterocycles. The number of hydrogen-bond acceptors (Lipinski definition) is 2. The van der Waals surface area contributed by atoms with Crippen molar-refractivity contribution >= 4 is 0 Å². The summed E-state index contributed by atoms with van der Waals surface area (Å²) in [5, 5.41) is 8.09. The molecule has 0 aliphatic rings. The summed E-state index contributed by atoms with van der Waals surface area (Å²) < 4.78 is 2.06. The van der Waals surface area contributed by atoms with E-state index in [1.807, 2.05) is 6.20 Å². The third-order valence-corrected chi connectivity index (χ3v) is 3.56. The molecule has 116 valence electrons. The second-order valence-electron chi connectivity index (χ2n) is 7.25. The van der Waals surface area contributed by atoms with Crippen molar-refractivity contribution < 1.29 is 0 Å². The zero-order valence-corrected chi connectivity index (χ0v) is 14.2. The second-order valence-corrected chi connectivity index (χ2v) is 7.25. The monoisotopic (exact) mass is 279 g/mol. The Morgan fingerprint density at radius 1 is 1.30 bits per heavy atom. The van der Waals surface area contributed by atoms with Crippen molar-refractivity contribution in [1.82, 2.24) is 15.1 Å².